The van der Waals surface area contributed by atoms with Gasteiger partial charge in [-0.05, 0) is 69.6 Å². The molecule has 1 aliphatic rings. The van der Waals surface area contributed by atoms with Crippen molar-refractivity contribution in [3.8, 4) is 22.3 Å². The SMILES string of the molecule is OC1(c2cc(I)ccc2-c2coc3ccccc23)c2ccccc2-c2ccc(Br)cc21. The Morgan fingerprint density at radius 3 is 2.29 bits per heavy atom. The quantitative estimate of drug-likeness (QED) is 0.217. The molecule has 0 spiro atoms. The van der Waals surface area contributed by atoms with E-state index in [1.54, 1.807) is 6.26 Å². The molecule has 1 aliphatic carbocycles. The van der Waals surface area contributed by atoms with Gasteiger partial charge in [0.25, 0.3) is 0 Å². The van der Waals surface area contributed by atoms with Crippen LogP contribution < -0.4 is 0 Å². The van der Waals surface area contributed by atoms with Crippen molar-refractivity contribution in [1.82, 2.24) is 0 Å². The summed E-state index contributed by atoms with van der Waals surface area (Å²) in [7, 11) is 0. The van der Waals surface area contributed by atoms with E-state index in [1.807, 2.05) is 48.5 Å². The Morgan fingerprint density at radius 2 is 1.39 bits per heavy atom. The number of fused-ring (bicyclic) bond motifs is 4. The van der Waals surface area contributed by atoms with Crippen LogP contribution in [0.25, 0.3) is 33.2 Å². The predicted molar refractivity (Wildman–Crippen MR) is 136 cm³/mol. The second kappa shape index (κ2) is 7.05. The molecule has 1 unspecified atom stereocenters. The summed E-state index contributed by atoms with van der Waals surface area (Å²) in [5.41, 5.74) is 6.28. The van der Waals surface area contributed by atoms with Crippen LogP contribution in [0, 0.1) is 3.57 Å². The number of halogens is 2. The largest absolute Gasteiger partial charge is 0.464 e. The summed E-state index contributed by atoms with van der Waals surface area (Å²) in [6.07, 6.45) is 1.79. The highest BCUT2D eigenvalue weighted by Crippen LogP contribution is 2.53. The molecule has 6 rings (SSSR count). The molecular formula is C27H16BrIO2. The second-order valence-electron chi connectivity index (χ2n) is 7.78. The van der Waals surface area contributed by atoms with E-state index in [9.17, 15) is 5.11 Å². The third kappa shape index (κ3) is 2.78. The molecule has 5 aromatic rings. The van der Waals surface area contributed by atoms with Gasteiger partial charge in [-0.1, -0.05) is 70.5 Å². The third-order valence-corrected chi connectivity index (χ3v) is 7.29. The van der Waals surface area contributed by atoms with Crippen LogP contribution in [-0.4, -0.2) is 5.11 Å². The van der Waals surface area contributed by atoms with Gasteiger partial charge in [-0.15, -0.1) is 0 Å². The Balaban J connectivity index is 1.71. The smallest absolute Gasteiger partial charge is 0.142 e. The number of hydrogen-bond acceptors (Lipinski definition) is 2. The maximum absolute atomic E-state index is 12.5. The summed E-state index contributed by atoms with van der Waals surface area (Å²) in [5, 5.41) is 13.5. The van der Waals surface area contributed by atoms with E-state index in [0.717, 1.165) is 58.0 Å². The van der Waals surface area contributed by atoms with Crippen LogP contribution >= 0.6 is 38.5 Å². The van der Waals surface area contributed by atoms with Crippen LogP contribution in [0.3, 0.4) is 0 Å². The molecule has 1 atom stereocenters. The first-order valence-corrected chi connectivity index (χ1v) is 11.8. The summed E-state index contributed by atoms with van der Waals surface area (Å²) in [6.45, 7) is 0. The maximum Gasteiger partial charge on any atom is 0.142 e. The average Bonchev–Trinajstić information content (AvgIpc) is 3.32. The summed E-state index contributed by atoms with van der Waals surface area (Å²) in [4.78, 5) is 0. The number of rotatable bonds is 2. The van der Waals surface area contributed by atoms with E-state index in [0.29, 0.717) is 0 Å². The van der Waals surface area contributed by atoms with Crippen LogP contribution in [0.5, 0.6) is 0 Å². The summed E-state index contributed by atoms with van der Waals surface area (Å²) < 4.78 is 7.86. The molecule has 150 valence electrons. The molecule has 4 aromatic carbocycles. The monoisotopic (exact) mass is 578 g/mol. The highest BCUT2D eigenvalue weighted by atomic mass is 127. The van der Waals surface area contributed by atoms with Gasteiger partial charge in [0.2, 0.25) is 0 Å². The molecule has 1 heterocycles. The molecule has 4 heteroatoms. The zero-order valence-corrected chi connectivity index (χ0v) is 20.0. The van der Waals surface area contributed by atoms with Gasteiger partial charge in [0.15, 0.2) is 0 Å². The maximum atomic E-state index is 12.5. The van der Waals surface area contributed by atoms with Crippen molar-refractivity contribution in [3.63, 3.8) is 0 Å². The van der Waals surface area contributed by atoms with Crippen LogP contribution in [0.1, 0.15) is 16.7 Å². The number of benzene rings is 4. The molecule has 0 saturated heterocycles. The van der Waals surface area contributed by atoms with Crippen molar-refractivity contribution in [2.75, 3.05) is 0 Å². The molecule has 2 nitrogen and oxygen atoms in total. The minimum atomic E-state index is -1.27. The fourth-order valence-electron chi connectivity index (χ4n) is 4.76. The highest BCUT2D eigenvalue weighted by Gasteiger charge is 2.44. The lowest BCUT2D eigenvalue weighted by atomic mass is 9.80. The lowest BCUT2D eigenvalue weighted by molar-refractivity contribution is 0.131. The van der Waals surface area contributed by atoms with Crippen molar-refractivity contribution in [2.24, 2.45) is 0 Å². The summed E-state index contributed by atoms with van der Waals surface area (Å²) >= 11 is 5.92. The molecule has 0 bridgehead atoms. The summed E-state index contributed by atoms with van der Waals surface area (Å²) in [6, 6.07) is 28.5. The topological polar surface area (TPSA) is 33.4 Å². The van der Waals surface area contributed by atoms with Gasteiger partial charge in [0.05, 0.1) is 6.26 Å². The third-order valence-electron chi connectivity index (χ3n) is 6.12. The van der Waals surface area contributed by atoms with Crippen molar-refractivity contribution in [2.45, 2.75) is 5.60 Å². The van der Waals surface area contributed by atoms with Gasteiger partial charge in [0, 0.05) is 35.7 Å². The lowest BCUT2D eigenvalue weighted by Gasteiger charge is -2.29. The van der Waals surface area contributed by atoms with E-state index in [4.69, 9.17) is 4.42 Å². The van der Waals surface area contributed by atoms with E-state index in [2.05, 4.69) is 74.9 Å². The Kier molecular flexibility index (Phi) is 4.39. The molecular weight excluding hydrogens is 563 g/mol. The molecule has 0 fully saturated rings. The molecule has 1 aromatic heterocycles. The van der Waals surface area contributed by atoms with E-state index >= 15 is 0 Å². The average molecular weight is 579 g/mol. The van der Waals surface area contributed by atoms with E-state index in [1.165, 1.54) is 0 Å². The van der Waals surface area contributed by atoms with Crippen LogP contribution in [-0.2, 0) is 5.60 Å². The predicted octanol–water partition coefficient (Wildman–Crippen LogP) is 7.73. The molecule has 0 amide bonds. The fraction of sp³-hybridized carbons (Fsp3) is 0.0370. The van der Waals surface area contributed by atoms with Gasteiger partial charge in [0.1, 0.15) is 11.2 Å². The molecule has 0 radical (unpaired) electrons. The first kappa shape index (κ1) is 19.3. The Labute approximate surface area is 201 Å². The van der Waals surface area contributed by atoms with E-state index < -0.39 is 5.60 Å². The number of furan rings is 1. The van der Waals surface area contributed by atoms with Crippen LogP contribution in [0.4, 0.5) is 0 Å². The van der Waals surface area contributed by atoms with Crippen molar-refractivity contribution < 1.29 is 9.52 Å². The standard InChI is InChI=1S/C27H16BrIO2/c28-16-9-11-19-18-5-1-3-7-23(18)27(30,24(19)13-16)25-14-17(29)10-12-20(25)22-15-31-26-8-4-2-6-21(22)26/h1-15,30H. The van der Waals surface area contributed by atoms with Crippen molar-refractivity contribution >= 4 is 49.5 Å². The fourth-order valence-corrected chi connectivity index (χ4v) is 5.61. The first-order valence-electron chi connectivity index (χ1n) is 9.96. The molecule has 31 heavy (non-hydrogen) atoms. The number of aliphatic hydroxyl groups is 1. The number of para-hydroxylation sites is 1. The van der Waals surface area contributed by atoms with Crippen LogP contribution in [0.2, 0.25) is 0 Å². The minimum Gasteiger partial charge on any atom is -0.464 e. The Hall–Kier alpha value is -2.41. The minimum absolute atomic E-state index is 0.837. The van der Waals surface area contributed by atoms with Crippen LogP contribution in [0.15, 0.2) is 100 Å². The molecule has 1 N–H and O–H groups in total. The van der Waals surface area contributed by atoms with Gasteiger partial charge in [-0.2, -0.15) is 0 Å². The van der Waals surface area contributed by atoms with E-state index in [-0.39, 0.29) is 0 Å². The zero-order chi connectivity index (χ0) is 21.2. The van der Waals surface area contributed by atoms with Crippen molar-refractivity contribution in [3.05, 3.63) is 116 Å². The second-order valence-corrected chi connectivity index (χ2v) is 9.94. The van der Waals surface area contributed by atoms with Gasteiger partial charge < -0.3 is 9.52 Å². The molecule has 0 aliphatic heterocycles. The van der Waals surface area contributed by atoms with Gasteiger partial charge in [-0.3, -0.25) is 0 Å². The Bertz CT molecular complexity index is 1490. The number of hydrogen-bond donors (Lipinski definition) is 1. The highest BCUT2D eigenvalue weighted by molar-refractivity contribution is 14.1. The molecule has 0 saturated carbocycles. The normalized spacial score (nSPS) is 17.0. The Morgan fingerprint density at radius 1 is 0.710 bits per heavy atom. The first-order chi connectivity index (χ1) is 15.1. The summed E-state index contributed by atoms with van der Waals surface area (Å²) in [5.74, 6) is 0. The zero-order valence-electron chi connectivity index (χ0n) is 16.3. The van der Waals surface area contributed by atoms with Crippen molar-refractivity contribution in [1.29, 1.82) is 0 Å². The lowest BCUT2D eigenvalue weighted by Crippen LogP contribution is -2.27. The van der Waals surface area contributed by atoms with Gasteiger partial charge >= 0.3 is 0 Å². The van der Waals surface area contributed by atoms with Gasteiger partial charge in [-0.25, -0.2) is 0 Å².